The Kier molecular flexibility index (Phi) is 5.97. The zero-order valence-electron chi connectivity index (χ0n) is 17.7. The molecule has 0 saturated carbocycles. The molecule has 4 rings (SSSR count). The lowest BCUT2D eigenvalue weighted by atomic mass is 9.90. The van der Waals surface area contributed by atoms with Gasteiger partial charge in [-0.1, -0.05) is 0 Å². The highest BCUT2D eigenvalue weighted by Crippen LogP contribution is 2.42. The van der Waals surface area contributed by atoms with Gasteiger partial charge in [0.15, 0.2) is 0 Å². The van der Waals surface area contributed by atoms with Crippen LogP contribution in [0.15, 0.2) is 18.5 Å². The third-order valence-electron chi connectivity index (χ3n) is 5.92. The molecule has 1 atom stereocenters. The molecule has 1 fully saturated rings. The number of nitrogens with two attached hydrogens (primary N) is 2. The van der Waals surface area contributed by atoms with E-state index < -0.39 is 5.60 Å². The molecule has 11 heteroatoms. The summed E-state index contributed by atoms with van der Waals surface area (Å²) >= 11 is 0. The highest BCUT2D eigenvalue weighted by atomic mass is 16.5. The molecule has 0 radical (unpaired) electrons. The quantitative estimate of drug-likeness (QED) is 0.486. The van der Waals surface area contributed by atoms with Gasteiger partial charge >= 0.3 is 0 Å². The Bertz CT molecular complexity index is 1030. The molecule has 1 saturated heterocycles. The second-order valence-electron chi connectivity index (χ2n) is 8.24. The van der Waals surface area contributed by atoms with Crippen LogP contribution in [0.2, 0.25) is 0 Å². The number of aromatic hydroxyl groups is 1. The molecule has 2 aliphatic rings. The number of ether oxygens (including phenoxy) is 1. The van der Waals surface area contributed by atoms with Crippen LogP contribution in [0.3, 0.4) is 0 Å². The van der Waals surface area contributed by atoms with Crippen LogP contribution in [0, 0.1) is 0 Å². The standard InChI is InChI=1S/C21H27N7O4/c22-17-15-10-21(32-19(15)27-20(23)26-17)4-2-7-28(8-5-21)16(30)3-1-6-25-18(31)13-9-14(29)12-24-11-13/h9,11-12,29H,1-8,10H2,(H,25,31)(H4,22,23,26,27). The molecule has 2 aromatic rings. The Labute approximate surface area is 185 Å². The number of nitrogens with one attached hydrogen (secondary N) is 1. The molecule has 2 aliphatic heterocycles. The number of carbonyl (C=O) groups excluding carboxylic acids is 2. The van der Waals surface area contributed by atoms with Crippen molar-refractivity contribution in [3.8, 4) is 11.6 Å². The number of pyridine rings is 1. The average molecular weight is 441 g/mol. The number of hydrogen-bond acceptors (Lipinski definition) is 9. The van der Waals surface area contributed by atoms with E-state index in [9.17, 15) is 14.7 Å². The van der Waals surface area contributed by atoms with Gasteiger partial charge in [-0.25, -0.2) is 0 Å². The smallest absolute Gasteiger partial charge is 0.252 e. The van der Waals surface area contributed by atoms with Gasteiger partial charge in [0.25, 0.3) is 5.91 Å². The van der Waals surface area contributed by atoms with Crippen LogP contribution < -0.4 is 21.5 Å². The normalized spacial score (nSPS) is 19.8. The second kappa shape index (κ2) is 8.85. The number of nitrogens with zero attached hydrogens (tertiary/aromatic N) is 4. The number of carbonyl (C=O) groups is 2. The van der Waals surface area contributed by atoms with Crippen LogP contribution in [0.4, 0.5) is 11.8 Å². The summed E-state index contributed by atoms with van der Waals surface area (Å²) in [5.41, 5.74) is 12.3. The van der Waals surface area contributed by atoms with Crippen LogP contribution >= 0.6 is 0 Å². The summed E-state index contributed by atoms with van der Waals surface area (Å²) in [5.74, 6) is 0.542. The van der Waals surface area contributed by atoms with E-state index in [1.54, 1.807) is 0 Å². The molecular formula is C21H27N7O4. The Balaban J connectivity index is 1.25. The van der Waals surface area contributed by atoms with Crippen LogP contribution in [-0.2, 0) is 11.2 Å². The van der Waals surface area contributed by atoms with Crippen molar-refractivity contribution >= 4 is 23.6 Å². The summed E-state index contributed by atoms with van der Waals surface area (Å²) in [6, 6.07) is 1.34. The number of aromatic nitrogens is 3. The molecule has 6 N–H and O–H groups in total. The first-order valence-electron chi connectivity index (χ1n) is 10.7. The van der Waals surface area contributed by atoms with Crippen LogP contribution in [-0.4, -0.2) is 62.0 Å². The second-order valence-corrected chi connectivity index (χ2v) is 8.24. The number of nitrogen functional groups attached to an aromatic ring is 2. The minimum Gasteiger partial charge on any atom is -0.506 e. The van der Waals surface area contributed by atoms with Gasteiger partial charge in [0, 0.05) is 45.1 Å². The third-order valence-corrected chi connectivity index (χ3v) is 5.92. The molecule has 2 aromatic heterocycles. The number of rotatable bonds is 5. The number of anilines is 2. The minimum absolute atomic E-state index is 0.0504. The van der Waals surface area contributed by atoms with E-state index in [4.69, 9.17) is 16.2 Å². The lowest BCUT2D eigenvalue weighted by molar-refractivity contribution is -0.131. The van der Waals surface area contributed by atoms with Crippen molar-refractivity contribution in [3.63, 3.8) is 0 Å². The predicted octanol–water partition coefficient (Wildman–Crippen LogP) is 0.638. The molecule has 11 nitrogen and oxygen atoms in total. The van der Waals surface area contributed by atoms with E-state index in [1.807, 2.05) is 4.90 Å². The highest BCUT2D eigenvalue weighted by Gasteiger charge is 2.43. The number of hydrogen-bond donors (Lipinski definition) is 4. The summed E-state index contributed by atoms with van der Waals surface area (Å²) in [6.07, 6.45) is 6.39. The van der Waals surface area contributed by atoms with Gasteiger partial charge in [-0.3, -0.25) is 14.6 Å². The Hall–Kier alpha value is -3.63. The Morgan fingerprint density at radius 2 is 2.06 bits per heavy atom. The average Bonchev–Trinajstić information content (AvgIpc) is 2.98. The molecule has 0 aromatic carbocycles. The number of fused-ring (bicyclic) bond motifs is 1. The Morgan fingerprint density at radius 3 is 2.88 bits per heavy atom. The summed E-state index contributed by atoms with van der Waals surface area (Å²) in [4.78, 5) is 38.6. The summed E-state index contributed by atoms with van der Waals surface area (Å²) in [5, 5.41) is 12.1. The van der Waals surface area contributed by atoms with Gasteiger partial charge in [-0.05, 0) is 25.3 Å². The van der Waals surface area contributed by atoms with Crippen molar-refractivity contribution in [2.45, 2.75) is 44.1 Å². The van der Waals surface area contributed by atoms with Gasteiger partial charge in [0.05, 0.1) is 17.3 Å². The first-order chi connectivity index (χ1) is 15.3. The van der Waals surface area contributed by atoms with Crippen molar-refractivity contribution in [2.24, 2.45) is 0 Å². The molecule has 0 aliphatic carbocycles. The number of likely N-dealkylation sites (tertiary alicyclic amines) is 1. The molecule has 32 heavy (non-hydrogen) atoms. The van der Waals surface area contributed by atoms with Crippen LogP contribution in [0.25, 0.3) is 0 Å². The van der Waals surface area contributed by atoms with Crippen molar-refractivity contribution in [1.82, 2.24) is 25.2 Å². The molecule has 2 amide bonds. The highest BCUT2D eigenvalue weighted by molar-refractivity contribution is 5.94. The Morgan fingerprint density at radius 1 is 1.22 bits per heavy atom. The zero-order chi connectivity index (χ0) is 22.7. The summed E-state index contributed by atoms with van der Waals surface area (Å²) in [7, 11) is 0. The predicted molar refractivity (Wildman–Crippen MR) is 116 cm³/mol. The molecule has 0 bridgehead atoms. The first-order valence-corrected chi connectivity index (χ1v) is 10.7. The van der Waals surface area contributed by atoms with Gasteiger partial charge in [0.2, 0.25) is 17.7 Å². The fraction of sp³-hybridized carbons (Fsp3) is 0.476. The molecule has 1 unspecified atom stereocenters. The van der Waals surface area contributed by atoms with Gasteiger partial charge < -0.3 is 31.5 Å². The number of amides is 2. The van der Waals surface area contributed by atoms with E-state index in [0.717, 1.165) is 18.4 Å². The maximum atomic E-state index is 12.7. The van der Waals surface area contributed by atoms with Gasteiger partial charge in [-0.15, -0.1) is 0 Å². The van der Waals surface area contributed by atoms with Crippen LogP contribution in [0.1, 0.15) is 48.0 Å². The maximum absolute atomic E-state index is 12.7. The van der Waals surface area contributed by atoms with E-state index >= 15 is 0 Å². The lowest BCUT2D eigenvalue weighted by Crippen LogP contribution is -2.37. The third kappa shape index (κ3) is 4.66. The minimum atomic E-state index is -0.433. The lowest BCUT2D eigenvalue weighted by Gasteiger charge is -2.27. The van der Waals surface area contributed by atoms with E-state index in [-0.39, 0.29) is 29.1 Å². The SMILES string of the molecule is Nc1nc(N)c2c(n1)OC1(CCCN(C(=O)CCCNC(=O)c3cncc(O)c3)CC1)C2. The molecule has 170 valence electrons. The summed E-state index contributed by atoms with van der Waals surface area (Å²) < 4.78 is 6.16. The molecule has 1 spiro atoms. The maximum Gasteiger partial charge on any atom is 0.252 e. The van der Waals surface area contributed by atoms with Crippen molar-refractivity contribution < 1.29 is 19.4 Å². The fourth-order valence-corrected chi connectivity index (χ4v) is 4.26. The van der Waals surface area contributed by atoms with Crippen LogP contribution in [0.5, 0.6) is 11.6 Å². The zero-order valence-corrected chi connectivity index (χ0v) is 17.7. The largest absolute Gasteiger partial charge is 0.506 e. The van der Waals surface area contributed by atoms with E-state index in [2.05, 4.69) is 20.3 Å². The monoisotopic (exact) mass is 441 g/mol. The van der Waals surface area contributed by atoms with Gasteiger partial charge in [-0.2, -0.15) is 9.97 Å². The van der Waals surface area contributed by atoms with E-state index in [1.165, 1.54) is 18.5 Å². The van der Waals surface area contributed by atoms with Crippen molar-refractivity contribution in [3.05, 3.63) is 29.6 Å². The van der Waals surface area contributed by atoms with E-state index in [0.29, 0.717) is 57.0 Å². The van der Waals surface area contributed by atoms with Crippen molar-refractivity contribution in [2.75, 3.05) is 31.1 Å². The first kappa shape index (κ1) is 21.6. The summed E-state index contributed by atoms with van der Waals surface area (Å²) in [6.45, 7) is 1.59. The van der Waals surface area contributed by atoms with Gasteiger partial charge in [0.1, 0.15) is 17.2 Å². The molecule has 4 heterocycles. The molecular weight excluding hydrogens is 414 g/mol. The topological polar surface area (TPSA) is 170 Å². The fourth-order valence-electron chi connectivity index (χ4n) is 4.26. The van der Waals surface area contributed by atoms with Crippen molar-refractivity contribution in [1.29, 1.82) is 0 Å².